The van der Waals surface area contributed by atoms with E-state index in [0.717, 1.165) is 12.3 Å². The number of imidazole rings is 1. The molecule has 0 saturated carbocycles. The number of pyridine rings is 1. The molecule has 16 nitrogen and oxygen atoms in total. The summed E-state index contributed by atoms with van der Waals surface area (Å²) in [6, 6.07) is 11.4. The molecule has 326 valence electrons. The molecule has 2 unspecified atom stereocenters. The van der Waals surface area contributed by atoms with Gasteiger partial charge in [0.25, 0.3) is 11.8 Å². The lowest BCUT2D eigenvalue weighted by molar-refractivity contribution is -0.134. The quantitative estimate of drug-likeness (QED) is 0.0786. The van der Waals surface area contributed by atoms with Gasteiger partial charge in [0, 0.05) is 36.1 Å². The first-order valence-electron chi connectivity index (χ1n) is 19.5. The largest absolute Gasteiger partial charge is 0.443 e. The molecule has 0 aliphatic rings. The van der Waals surface area contributed by atoms with Gasteiger partial charge in [0.2, 0.25) is 11.7 Å². The van der Waals surface area contributed by atoms with Crippen LogP contribution in [0, 0.1) is 5.92 Å². The SMILES string of the molecule is CC[C@H](C)[C@H](N)C(=O)c1c(C(=O)C(F)(F)C(O)C(N)Cc2ccccc2)ccnc1C(=O)N(C(=O)OC(C)(C)C)C(=O)[C@H](Cc1cnc[nH]1)NC(=O)[C@@H](N)Cc1ccccc1. The molecule has 0 bridgehead atoms. The smallest absolute Gasteiger partial charge is 0.424 e. The number of ketones is 2. The average Bonchev–Trinajstić information content (AvgIpc) is 3.74. The molecule has 4 amide bonds. The topological polar surface area (TPSA) is 267 Å². The maximum absolute atomic E-state index is 16.1. The number of nitrogens with zero attached hydrogens (tertiary/aromatic N) is 3. The number of nitrogens with one attached hydrogen (secondary N) is 2. The number of alkyl halides is 2. The zero-order valence-corrected chi connectivity index (χ0v) is 34.5. The van der Waals surface area contributed by atoms with E-state index in [0.29, 0.717) is 11.1 Å². The third-order valence-corrected chi connectivity index (χ3v) is 9.83. The number of aliphatic hydroxyl groups excluding tert-OH is 1. The van der Waals surface area contributed by atoms with Crippen LogP contribution in [0.15, 0.2) is 85.5 Å². The maximum atomic E-state index is 16.1. The summed E-state index contributed by atoms with van der Waals surface area (Å²) >= 11 is 0. The molecule has 18 heteroatoms. The molecule has 0 saturated heterocycles. The van der Waals surface area contributed by atoms with Crippen molar-refractivity contribution in [3.8, 4) is 0 Å². The number of nitrogens with two attached hydrogens (primary N) is 3. The van der Waals surface area contributed by atoms with E-state index in [1.807, 2.05) is 0 Å². The number of ether oxygens (including phenoxy) is 1. The fourth-order valence-electron chi connectivity index (χ4n) is 6.22. The predicted molar refractivity (Wildman–Crippen MR) is 219 cm³/mol. The van der Waals surface area contributed by atoms with E-state index in [-0.39, 0.29) is 36.3 Å². The summed E-state index contributed by atoms with van der Waals surface area (Å²) in [5.74, 6) is -12.6. The maximum Gasteiger partial charge on any atom is 0.424 e. The van der Waals surface area contributed by atoms with Gasteiger partial charge in [-0.15, -0.1) is 0 Å². The summed E-state index contributed by atoms with van der Waals surface area (Å²) in [5, 5.41) is 13.3. The minimum absolute atomic E-state index is 0.0372. The fourth-order valence-corrected chi connectivity index (χ4v) is 6.22. The molecule has 9 N–H and O–H groups in total. The second-order valence-corrected chi connectivity index (χ2v) is 15.7. The average molecular weight is 847 g/mol. The Labute approximate surface area is 351 Å². The highest BCUT2D eigenvalue weighted by Gasteiger charge is 2.51. The summed E-state index contributed by atoms with van der Waals surface area (Å²) < 4.78 is 37.7. The van der Waals surface area contributed by atoms with Gasteiger partial charge in [0.05, 0.1) is 24.0 Å². The summed E-state index contributed by atoms with van der Waals surface area (Å²) in [7, 11) is 0. The molecule has 2 aromatic heterocycles. The molecular weight excluding hydrogens is 795 g/mol. The molecule has 2 heterocycles. The van der Waals surface area contributed by atoms with Crippen LogP contribution in [-0.4, -0.2) is 102 Å². The number of carbonyl (C=O) groups is 6. The Bertz CT molecular complexity index is 2170. The summed E-state index contributed by atoms with van der Waals surface area (Å²) in [6.07, 6.45) is -1.39. The Balaban J connectivity index is 1.85. The van der Waals surface area contributed by atoms with Crippen LogP contribution in [0.3, 0.4) is 0 Å². The number of amides is 4. The zero-order valence-electron chi connectivity index (χ0n) is 34.5. The van der Waals surface area contributed by atoms with E-state index in [4.69, 9.17) is 21.9 Å². The second-order valence-electron chi connectivity index (χ2n) is 15.7. The van der Waals surface area contributed by atoms with Crippen LogP contribution in [0.25, 0.3) is 0 Å². The van der Waals surface area contributed by atoms with Crippen LogP contribution in [0.4, 0.5) is 13.6 Å². The molecule has 4 aromatic rings. The first kappa shape index (κ1) is 47.6. The standard InChI is InChI=1S/C43H52F2N8O8/c1-6-24(2)33(48)35(54)32-28(36(55)43(44,45)37(56)29(46)19-25-13-9-7-10-14-25)17-18-50-34(32)40(59)53(41(60)61-42(3,4)5)39(58)31(21-27-22-49-23-51-27)52-38(57)30(47)20-26-15-11-8-12-16-26/h7-18,22-24,29-31,33,37,56H,6,19-21,46-48H2,1-5H3,(H,49,51)(H,52,57)/t24-,29?,30-,31-,33-,37?/m0/s1. The summed E-state index contributed by atoms with van der Waals surface area (Å²) in [5.41, 5.74) is 15.3. The van der Waals surface area contributed by atoms with E-state index < -0.39 is 99.9 Å². The lowest BCUT2D eigenvalue weighted by Gasteiger charge is -2.29. The minimum atomic E-state index is -4.66. The number of rotatable bonds is 18. The Kier molecular flexibility index (Phi) is 16.0. The monoisotopic (exact) mass is 846 g/mol. The first-order valence-corrected chi connectivity index (χ1v) is 19.5. The molecule has 61 heavy (non-hydrogen) atoms. The zero-order chi connectivity index (χ0) is 45.2. The van der Waals surface area contributed by atoms with Gasteiger partial charge in [-0.25, -0.2) is 9.78 Å². The number of aromatic nitrogens is 3. The molecule has 6 atom stereocenters. The van der Waals surface area contributed by atoms with Gasteiger partial charge >= 0.3 is 12.0 Å². The molecule has 0 radical (unpaired) electrons. The van der Waals surface area contributed by atoms with Gasteiger partial charge in [0.1, 0.15) is 23.4 Å². The number of imide groups is 3. The Morgan fingerprint density at radius 2 is 1.49 bits per heavy atom. The molecule has 0 spiro atoms. The van der Waals surface area contributed by atoms with Crippen molar-refractivity contribution < 1.29 is 47.4 Å². The number of halogens is 2. The summed E-state index contributed by atoms with van der Waals surface area (Å²) in [4.78, 5) is 95.7. The van der Waals surface area contributed by atoms with Gasteiger partial charge in [-0.3, -0.25) is 29.0 Å². The third-order valence-electron chi connectivity index (χ3n) is 9.83. The summed E-state index contributed by atoms with van der Waals surface area (Å²) in [6.45, 7) is 7.53. The first-order chi connectivity index (χ1) is 28.7. The Morgan fingerprint density at radius 1 is 0.902 bits per heavy atom. The Hall–Kier alpha value is -6.08. The highest BCUT2D eigenvalue weighted by molar-refractivity contribution is 6.22. The normalized spacial score (nSPS) is 14.7. The number of hydrogen-bond donors (Lipinski definition) is 6. The number of aromatic amines is 1. The number of Topliss-reactive ketones (excluding diaryl/α,β-unsaturated/α-hetero) is 2. The van der Waals surface area contributed by atoms with E-state index in [2.05, 4.69) is 20.3 Å². The van der Waals surface area contributed by atoms with E-state index in [1.54, 1.807) is 74.5 Å². The second kappa shape index (κ2) is 20.5. The van der Waals surface area contributed by atoms with Crippen molar-refractivity contribution >= 4 is 35.4 Å². The fraction of sp³-hybridized carbons (Fsp3) is 0.395. The van der Waals surface area contributed by atoms with Crippen molar-refractivity contribution in [3.05, 3.63) is 119 Å². The molecule has 2 aromatic carbocycles. The van der Waals surface area contributed by atoms with Gasteiger partial charge < -0.3 is 37.3 Å². The van der Waals surface area contributed by atoms with Crippen LogP contribution in [0.5, 0.6) is 0 Å². The van der Waals surface area contributed by atoms with Crippen LogP contribution in [0.1, 0.15) is 89.1 Å². The van der Waals surface area contributed by atoms with Gasteiger partial charge in [-0.1, -0.05) is 80.9 Å². The highest BCUT2D eigenvalue weighted by Crippen LogP contribution is 2.31. The third kappa shape index (κ3) is 12.0. The minimum Gasteiger partial charge on any atom is -0.443 e. The molecule has 4 rings (SSSR count). The predicted octanol–water partition coefficient (Wildman–Crippen LogP) is 3.31. The number of H-pyrrole nitrogens is 1. The van der Waals surface area contributed by atoms with Crippen molar-refractivity contribution in [2.24, 2.45) is 23.1 Å². The van der Waals surface area contributed by atoms with Crippen molar-refractivity contribution in [3.63, 3.8) is 0 Å². The number of hydrogen-bond acceptors (Lipinski definition) is 13. The lowest BCUT2D eigenvalue weighted by atomic mass is 9.86. The highest BCUT2D eigenvalue weighted by atomic mass is 19.3. The van der Waals surface area contributed by atoms with Crippen molar-refractivity contribution in [1.29, 1.82) is 0 Å². The lowest BCUT2D eigenvalue weighted by Crippen LogP contribution is -2.57. The van der Waals surface area contributed by atoms with Crippen LogP contribution < -0.4 is 22.5 Å². The van der Waals surface area contributed by atoms with Gasteiger partial charge in [-0.2, -0.15) is 13.7 Å². The number of benzene rings is 2. The van der Waals surface area contributed by atoms with Crippen molar-refractivity contribution in [2.75, 3.05) is 0 Å². The van der Waals surface area contributed by atoms with Gasteiger partial charge in [-0.05, 0) is 56.7 Å². The van der Waals surface area contributed by atoms with E-state index in [9.17, 15) is 33.9 Å². The van der Waals surface area contributed by atoms with Crippen molar-refractivity contribution in [2.45, 2.75) is 102 Å². The van der Waals surface area contributed by atoms with Gasteiger partial charge in [0.15, 0.2) is 5.78 Å². The molecule has 0 aliphatic heterocycles. The molecule has 0 fully saturated rings. The van der Waals surface area contributed by atoms with E-state index in [1.165, 1.54) is 33.3 Å². The number of aliphatic hydroxyl groups is 1. The number of carbonyl (C=O) groups excluding carboxylic acids is 6. The van der Waals surface area contributed by atoms with Crippen LogP contribution >= 0.6 is 0 Å². The van der Waals surface area contributed by atoms with Crippen LogP contribution in [0.2, 0.25) is 0 Å². The van der Waals surface area contributed by atoms with Crippen LogP contribution in [-0.2, 0) is 33.6 Å². The van der Waals surface area contributed by atoms with Crippen molar-refractivity contribution in [1.82, 2.24) is 25.2 Å². The molecular formula is C43H52F2N8O8. The van der Waals surface area contributed by atoms with E-state index >= 15 is 8.78 Å². The molecule has 0 aliphatic carbocycles. The Morgan fingerprint density at radius 3 is 2.03 bits per heavy atom.